The van der Waals surface area contributed by atoms with Crippen LogP contribution >= 0.6 is 46.2 Å². The maximum atomic E-state index is 5.72. The van der Waals surface area contributed by atoms with E-state index >= 15 is 0 Å². The molecule has 0 spiro atoms. The topological polar surface area (TPSA) is 9.23 Å². The molecule has 0 aliphatic rings. The van der Waals surface area contributed by atoms with Crippen LogP contribution in [0.15, 0.2) is 18.2 Å². The zero-order valence-electron chi connectivity index (χ0n) is 4.77. The average Bonchev–Trinajstić information content (AvgIpc) is 1.88. The van der Waals surface area contributed by atoms with Crippen molar-refractivity contribution in [3.8, 4) is 5.75 Å². The standard InChI is InChI=1S/C6H3Cl2IO/c7-4-1-2-6(10-9)5(8)3-4/h1-3H. The minimum absolute atomic E-state index is 0.530. The lowest BCUT2D eigenvalue weighted by molar-refractivity contribution is 0.717. The third kappa shape index (κ3) is 1.90. The molecule has 0 saturated heterocycles. The fourth-order valence-electron chi connectivity index (χ4n) is 0.538. The molecule has 0 bridgehead atoms. The number of halogens is 3. The molecule has 0 atom stereocenters. The SMILES string of the molecule is Clc1ccc(OI)c(Cl)c1. The zero-order chi connectivity index (χ0) is 7.56. The Kier molecular flexibility index (Phi) is 3.07. The molecular weight excluding hydrogens is 286 g/mol. The molecule has 1 aromatic carbocycles. The van der Waals surface area contributed by atoms with E-state index in [0.29, 0.717) is 15.8 Å². The first-order valence-electron chi connectivity index (χ1n) is 2.47. The van der Waals surface area contributed by atoms with E-state index in [2.05, 4.69) is 0 Å². The number of rotatable bonds is 1. The van der Waals surface area contributed by atoms with Crippen molar-refractivity contribution in [1.82, 2.24) is 0 Å². The Morgan fingerprint density at radius 3 is 2.50 bits per heavy atom. The second-order valence-electron chi connectivity index (χ2n) is 1.65. The summed E-state index contributed by atoms with van der Waals surface area (Å²) in [5, 5.41) is 1.14. The van der Waals surface area contributed by atoms with Gasteiger partial charge in [-0.05, 0) is 18.2 Å². The Morgan fingerprint density at radius 1 is 1.30 bits per heavy atom. The lowest BCUT2D eigenvalue weighted by atomic mass is 10.3. The molecule has 1 nitrogen and oxygen atoms in total. The Morgan fingerprint density at radius 2 is 2.00 bits per heavy atom. The van der Waals surface area contributed by atoms with Crippen molar-refractivity contribution in [1.29, 1.82) is 0 Å². The van der Waals surface area contributed by atoms with Crippen LogP contribution in [0.1, 0.15) is 0 Å². The van der Waals surface area contributed by atoms with Gasteiger partial charge in [0.1, 0.15) is 0 Å². The van der Waals surface area contributed by atoms with Gasteiger partial charge < -0.3 is 3.07 Å². The van der Waals surface area contributed by atoms with E-state index in [1.165, 1.54) is 0 Å². The molecule has 1 aromatic rings. The lowest BCUT2D eigenvalue weighted by Crippen LogP contribution is -1.74. The molecule has 0 unspecified atom stereocenters. The van der Waals surface area contributed by atoms with Crippen LogP contribution in [0.4, 0.5) is 0 Å². The first-order chi connectivity index (χ1) is 4.74. The molecule has 0 heterocycles. The molecule has 54 valence electrons. The lowest BCUT2D eigenvalue weighted by Gasteiger charge is -1.98. The molecule has 0 N–H and O–H groups in total. The van der Waals surface area contributed by atoms with Gasteiger partial charge in [0, 0.05) is 5.02 Å². The van der Waals surface area contributed by atoms with Gasteiger partial charge in [-0.15, -0.1) is 0 Å². The van der Waals surface area contributed by atoms with Crippen molar-refractivity contribution < 1.29 is 3.07 Å². The van der Waals surface area contributed by atoms with Crippen LogP contribution in [-0.4, -0.2) is 0 Å². The van der Waals surface area contributed by atoms with Crippen molar-refractivity contribution in [3.05, 3.63) is 28.2 Å². The van der Waals surface area contributed by atoms with Crippen molar-refractivity contribution >= 4 is 46.2 Å². The molecule has 4 heteroatoms. The van der Waals surface area contributed by atoms with Gasteiger partial charge in [0.25, 0.3) is 0 Å². The van der Waals surface area contributed by atoms with Gasteiger partial charge in [-0.2, -0.15) is 0 Å². The molecule has 1 rings (SSSR count). The summed E-state index contributed by atoms with van der Waals surface area (Å²) in [5.41, 5.74) is 0. The summed E-state index contributed by atoms with van der Waals surface area (Å²) >= 11 is 13.1. The van der Waals surface area contributed by atoms with Crippen LogP contribution in [0.5, 0.6) is 5.75 Å². The van der Waals surface area contributed by atoms with Crippen molar-refractivity contribution in [2.24, 2.45) is 0 Å². The summed E-state index contributed by atoms with van der Waals surface area (Å²) in [6, 6.07) is 5.08. The summed E-state index contributed by atoms with van der Waals surface area (Å²) in [4.78, 5) is 0. The highest BCUT2D eigenvalue weighted by Crippen LogP contribution is 2.28. The predicted molar refractivity (Wildman–Crippen MR) is 51.1 cm³/mol. The largest absolute Gasteiger partial charge is 0.426 e. The molecule has 0 amide bonds. The second-order valence-corrected chi connectivity index (χ2v) is 2.94. The maximum Gasteiger partial charge on any atom is 0.192 e. The minimum atomic E-state index is 0.530. The molecule has 0 fully saturated rings. The molecular formula is C6H3Cl2IO. The van der Waals surface area contributed by atoms with Crippen LogP contribution in [0, 0.1) is 0 Å². The van der Waals surface area contributed by atoms with E-state index in [1.807, 2.05) is 0 Å². The smallest absolute Gasteiger partial charge is 0.192 e. The van der Waals surface area contributed by atoms with Gasteiger partial charge in [-0.3, -0.25) is 0 Å². The Labute approximate surface area is 83.0 Å². The molecule has 0 aliphatic heterocycles. The molecule has 10 heavy (non-hydrogen) atoms. The van der Waals surface area contributed by atoms with Gasteiger partial charge in [0.15, 0.2) is 28.8 Å². The van der Waals surface area contributed by atoms with Crippen LogP contribution in [0.3, 0.4) is 0 Å². The minimum Gasteiger partial charge on any atom is -0.426 e. The highest BCUT2D eigenvalue weighted by atomic mass is 127. The molecule has 0 aliphatic carbocycles. The summed E-state index contributed by atoms with van der Waals surface area (Å²) < 4.78 is 4.88. The first kappa shape index (κ1) is 8.43. The van der Waals surface area contributed by atoms with Crippen molar-refractivity contribution in [3.63, 3.8) is 0 Å². The predicted octanol–water partition coefficient (Wildman–Crippen LogP) is 3.72. The summed E-state index contributed by atoms with van der Waals surface area (Å²) in [6.45, 7) is 0. The fourth-order valence-corrected chi connectivity index (χ4v) is 1.50. The van der Waals surface area contributed by atoms with E-state index in [4.69, 9.17) is 26.3 Å². The zero-order valence-corrected chi connectivity index (χ0v) is 8.44. The Hall–Kier alpha value is 0.330. The second kappa shape index (κ2) is 3.64. The Balaban J connectivity index is 3.07. The van der Waals surface area contributed by atoms with E-state index in [-0.39, 0.29) is 0 Å². The molecule has 0 aromatic heterocycles. The van der Waals surface area contributed by atoms with Crippen LogP contribution in [-0.2, 0) is 0 Å². The molecule has 0 radical (unpaired) electrons. The van der Waals surface area contributed by atoms with Gasteiger partial charge in [-0.25, -0.2) is 0 Å². The number of hydrogen-bond donors (Lipinski definition) is 0. The normalized spacial score (nSPS) is 9.50. The third-order valence-corrected chi connectivity index (χ3v) is 1.98. The van der Waals surface area contributed by atoms with Gasteiger partial charge in [0.2, 0.25) is 0 Å². The van der Waals surface area contributed by atoms with Crippen molar-refractivity contribution in [2.45, 2.75) is 0 Å². The highest BCUT2D eigenvalue weighted by Gasteiger charge is 1.99. The van der Waals surface area contributed by atoms with Crippen LogP contribution < -0.4 is 3.07 Å². The first-order valence-corrected chi connectivity index (χ1v) is 4.11. The third-order valence-electron chi connectivity index (χ3n) is 0.977. The summed E-state index contributed by atoms with van der Waals surface area (Å²) in [6.07, 6.45) is 0. The monoisotopic (exact) mass is 288 g/mol. The van der Waals surface area contributed by atoms with E-state index < -0.39 is 0 Å². The highest BCUT2D eigenvalue weighted by molar-refractivity contribution is 14.1. The van der Waals surface area contributed by atoms with Crippen LogP contribution in [0.25, 0.3) is 0 Å². The van der Waals surface area contributed by atoms with Crippen LogP contribution in [0.2, 0.25) is 10.0 Å². The Bertz CT molecular complexity index is 239. The molecule has 0 saturated carbocycles. The summed E-state index contributed by atoms with van der Waals surface area (Å²) in [7, 11) is 0. The number of benzene rings is 1. The number of hydrogen-bond acceptors (Lipinski definition) is 1. The maximum absolute atomic E-state index is 5.72. The fraction of sp³-hybridized carbons (Fsp3) is 0. The average molecular weight is 289 g/mol. The van der Waals surface area contributed by atoms with Gasteiger partial charge >= 0.3 is 0 Å². The van der Waals surface area contributed by atoms with Gasteiger partial charge in [0.05, 0.1) is 5.02 Å². The van der Waals surface area contributed by atoms with E-state index in [9.17, 15) is 0 Å². The summed E-state index contributed by atoms with van der Waals surface area (Å²) in [5.74, 6) is 0.631. The van der Waals surface area contributed by atoms with E-state index in [1.54, 1.807) is 41.2 Å². The quantitative estimate of drug-likeness (QED) is 0.716. The van der Waals surface area contributed by atoms with Gasteiger partial charge in [-0.1, -0.05) is 23.2 Å². The van der Waals surface area contributed by atoms with Crippen molar-refractivity contribution in [2.75, 3.05) is 0 Å². The van der Waals surface area contributed by atoms with E-state index in [0.717, 1.165) is 0 Å².